The van der Waals surface area contributed by atoms with Crippen molar-refractivity contribution in [2.24, 2.45) is 4.99 Å². The van der Waals surface area contributed by atoms with Gasteiger partial charge in [-0.3, -0.25) is 9.78 Å². The molecule has 2 aromatic rings. The lowest BCUT2D eigenvalue weighted by molar-refractivity contribution is -0.130. The van der Waals surface area contributed by atoms with Crippen molar-refractivity contribution in [2.45, 2.75) is 50.2 Å². The summed E-state index contributed by atoms with van der Waals surface area (Å²) < 4.78 is 25.4. The highest BCUT2D eigenvalue weighted by Crippen LogP contribution is 2.45. The van der Waals surface area contributed by atoms with Crippen molar-refractivity contribution in [3.63, 3.8) is 0 Å². The Morgan fingerprint density at radius 2 is 1.87 bits per heavy atom. The highest BCUT2D eigenvalue weighted by molar-refractivity contribution is 6.02. The number of likely N-dealkylation sites (tertiary alicyclic amines) is 1. The van der Waals surface area contributed by atoms with Crippen LogP contribution in [0.4, 0.5) is 4.39 Å². The third-order valence-corrected chi connectivity index (χ3v) is 6.96. The standard InChI is InChI=1S/C23H22FN3O3/c24-12-18-9-16-10-23(11-17(16)13-25-18)20(28)26-21(30-23)27-7-5-22(6-8-27)19-4-2-1-3-15(19)14-29-22/h1-4,9,13H,5-8,10-12,14H2. The van der Waals surface area contributed by atoms with Gasteiger partial charge in [-0.2, -0.15) is 4.99 Å². The van der Waals surface area contributed by atoms with E-state index in [1.54, 1.807) is 12.3 Å². The van der Waals surface area contributed by atoms with Crippen LogP contribution < -0.4 is 0 Å². The molecule has 1 aromatic heterocycles. The van der Waals surface area contributed by atoms with Crippen molar-refractivity contribution >= 4 is 11.9 Å². The maximum atomic E-state index is 13.0. The number of pyridine rings is 1. The van der Waals surface area contributed by atoms with E-state index in [2.05, 4.69) is 33.1 Å². The Labute approximate surface area is 173 Å². The fraction of sp³-hybridized carbons (Fsp3) is 0.435. The molecule has 1 saturated heterocycles. The molecular weight excluding hydrogens is 385 g/mol. The van der Waals surface area contributed by atoms with Crippen LogP contribution in [0.1, 0.15) is 40.8 Å². The van der Waals surface area contributed by atoms with Gasteiger partial charge in [0.25, 0.3) is 11.9 Å². The van der Waals surface area contributed by atoms with E-state index in [1.807, 2.05) is 6.07 Å². The first-order valence-corrected chi connectivity index (χ1v) is 10.4. The summed E-state index contributed by atoms with van der Waals surface area (Å²) >= 11 is 0. The second-order valence-corrected chi connectivity index (χ2v) is 8.65. The van der Waals surface area contributed by atoms with Crippen LogP contribution in [0.15, 0.2) is 41.5 Å². The van der Waals surface area contributed by atoms with Gasteiger partial charge < -0.3 is 14.4 Å². The van der Waals surface area contributed by atoms with E-state index in [9.17, 15) is 9.18 Å². The van der Waals surface area contributed by atoms with E-state index in [0.29, 0.717) is 31.2 Å². The van der Waals surface area contributed by atoms with Gasteiger partial charge in [-0.15, -0.1) is 0 Å². The Bertz CT molecular complexity index is 1080. The topological polar surface area (TPSA) is 64.0 Å². The molecule has 0 radical (unpaired) electrons. The van der Waals surface area contributed by atoms with Crippen LogP contribution >= 0.6 is 0 Å². The quantitative estimate of drug-likeness (QED) is 0.728. The van der Waals surface area contributed by atoms with Crippen molar-refractivity contribution in [3.05, 3.63) is 64.5 Å². The Morgan fingerprint density at radius 1 is 1.07 bits per heavy atom. The summed E-state index contributed by atoms with van der Waals surface area (Å²) in [5.74, 6) is -0.252. The molecule has 1 fully saturated rings. The largest absolute Gasteiger partial charge is 0.447 e. The van der Waals surface area contributed by atoms with E-state index in [1.165, 1.54) is 11.1 Å². The maximum Gasteiger partial charge on any atom is 0.296 e. The van der Waals surface area contributed by atoms with E-state index in [-0.39, 0.29) is 11.5 Å². The van der Waals surface area contributed by atoms with Crippen LogP contribution in [-0.4, -0.2) is 40.5 Å². The van der Waals surface area contributed by atoms with Crippen molar-refractivity contribution in [1.29, 1.82) is 0 Å². The molecule has 4 heterocycles. The second kappa shape index (κ2) is 6.35. The Hall–Kier alpha value is -2.80. The summed E-state index contributed by atoms with van der Waals surface area (Å²) in [7, 11) is 0. The van der Waals surface area contributed by atoms with Gasteiger partial charge in [0.15, 0.2) is 0 Å². The highest BCUT2D eigenvalue weighted by atomic mass is 19.1. The molecule has 1 amide bonds. The van der Waals surface area contributed by atoms with E-state index in [4.69, 9.17) is 9.47 Å². The first-order valence-electron chi connectivity index (χ1n) is 10.4. The van der Waals surface area contributed by atoms with E-state index >= 15 is 0 Å². The lowest BCUT2D eigenvalue weighted by Crippen LogP contribution is -2.47. The van der Waals surface area contributed by atoms with Crippen LogP contribution in [0.3, 0.4) is 0 Å². The zero-order chi connectivity index (χ0) is 20.3. The number of halogens is 1. The normalized spacial score (nSPS) is 26.1. The molecule has 6 nitrogen and oxygen atoms in total. The van der Waals surface area contributed by atoms with Gasteiger partial charge in [-0.1, -0.05) is 24.3 Å². The lowest BCUT2D eigenvalue weighted by atomic mass is 9.84. The number of hydrogen-bond acceptors (Lipinski definition) is 5. The Morgan fingerprint density at radius 3 is 2.70 bits per heavy atom. The van der Waals surface area contributed by atoms with Gasteiger partial charge in [0, 0.05) is 32.1 Å². The maximum absolute atomic E-state index is 13.0. The monoisotopic (exact) mass is 407 g/mol. The molecule has 3 aliphatic heterocycles. The van der Waals surface area contributed by atoms with E-state index < -0.39 is 12.3 Å². The van der Waals surface area contributed by atoms with Gasteiger partial charge in [-0.25, -0.2) is 4.39 Å². The van der Waals surface area contributed by atoms with Gasteiger partial charge in [0.1, 0.15) is 6.67 Å². The number of fused-ring (bicyclic) bond motifs is 3. The predicted molar refractivity (Wildman–Crippen MR) is 106 cm³/mol. The van der Waals surface area contributed by atoms with Crippen molar-refractivity contribution in [1.82, 2.24) is 9.88 Å². The van der Waals surface area contributed by atoms with Crippen molar-refractivity contribution in [3.8, 4) is 0 Å². The molecule has 0 N–H and O–H groups in total. The number of amides is 1. The van der Waals surface area contributed by atoms with Crippen LogP contribution in [0.2, 0.25) is 0 Å². The van der Waals surface area contributed by atoms with Gasteiger partial charge in [0.05, 0.1) is 17.9 Å². The highest BCUT2D eigenvalue weighted by Gasteiger charge is 2.53. The molecule has 1 unspecified atom stereocenters. The summed E-state index contributed by atoms with van der Waals surface area (Å²) in [6.07, 6.45) is 4.17. The molecule has 154 valence electrons. The molecule has 1 atom stereocenters. The van der Waals surface area contributed by atoms with Crippen molar-refractivity contribution < 1.29 is 18.7 Å². The zero-order valence-corrected chi connectivity index (χ0v) is 16.6. The molecule has 0 bridgehead atoms. The molecule has 4 aliphatic rings. The predicted octanol–water partition coefficient (Wildman–Crippen LogP) is 2.82. The van der Waals surface area contributed by atoms with E-state index in [0.717, 1.165) is 37.1 Å². The molecular formula is C23H22FN3O3. The molecule has 2 spiro atoms. The minimum Gasteiger partial charge on any atom is -0.447 e. The zero-order valence-electron chi connectivity index (χ0n) is 16.6. The first-order chi connectivity index (χ1) is 14.6. The first kappa shape index (κ1) is 18.0. The van der Waals surface area contributed by atoms with Crippen LogP contribution in [0, 0.1) is 0 Å². The van der Waals surface area contributed by atoms with Crippen LogP contribution in [-0.2, 0) is 46.0 Å². The number of aliphatic imine (C=N–C) groups is 1. The minimum atomic E-state index is -1.00. The molecule has 6 rings (SSSR count). The molecule has 0 saturated carbocycles. The third-order valence-electron chi connectivity index (χ3n) is 6.96. The van der Waals surface area contributed by atoms with Gasteiger partial charge >= 0.3 is 0 Å². The number of nitrogens with zero attached hydrogens (tertiary/aromatic N) is 3. The Kier molecular flexibility index (Phi) is 3.81. The third kappa shape index (κ3) is 2.54. The lowest BCUT2D eigenvalue weighted by Gasteiger charge is -2.39. The minimum absolute atomic E-state index is 0.244. The average molecular weight is 407 g/mol. The number of carbonyl (C=O) groups is 1. The van der Waals surface area contributed by atoms with Gasteiger partial charge in [0.2, 0.25) is 5.60 Å². The molecule has 1 aromatic carbocycles. The number of aromatic nitrogens is 1. The summed E-state index contributed by atoms with van der Waals surface area (Å²) in [6, 6.07) is 10.5. The number of rotatable bonds is 1. The number of piperidine rings is 1. The number of amidine groups is 1. The summed E-state index contributed by atoms with van der Waals surface area (Å²) in [6.45, 7) is 1.48. The fourth-order valence-electron chi connectivity index (χ4n) is 5.30. The number of ether oxygens (including phenoxy) is 2. The number of alkyl halides is 1. The second-order valence-electron chi connectivity index (χ2n) is 8.65. The van der Waals surface area contributed by atoms with Gasteiger partial charge in [-0.05, 0) is 41.2 Å². The molecule has 30 heavy (non-hydrogen) atoms. The summed E-state index contributed by atoms with van der Waals surface area (Å²) in [4.78, 5) is 23.3. The average Bonchev–Trinajstić information content (AvgIpc) is 3.42. The number of carbonyl (C=O) groups excluding carboxylic acids is 1. The number of hydrogen-bond donors (Lipinski definition) is 0. The van der Waals surface area contributed by atoms with Crippen LogP contribution in [0.5, 0.6) is 0 Å². The summed E-state index contributed by atoms with van der Waals surface area (Å²) in [5, 5.41) is 0. The summed E-state index contributed by atoms with van der Waals surface area (Å²) in [5.41, 5.74) is 3.55. The smallest absolute Gasteiger partial charge is 0.296 e. The Balaban J connectivity index is 1.18. The molecule has 1 aliphatic carbocycles. The SMILES string of the molecule is O=C1N=C(N2CCC3(CC2)OCc2ccccc23)OC12Cc1cnc(CF)cc1C2. The molecule has 7 heteroatoms. The van der Waals surface area contributed by atoms with Crippen molar-refractivity contribution in [2.75, 3.05) is 13.1 Å². The fourth-order valence-corrected chi connectivity index (χ4v) is 5.30. The number of benzene rings is 1. The van der Waals surface area contributed by atoms with Crippen LogP contribution in [0.25, 0.3) is 0 Å².